The van der Waals surface area contributed by atoms with Gasteiger partial charge < -0.3 is 14.8 Å². The lowest BCUT2D eigenvalue weighted by Gasteiger charge is -2.07. The predicted molar refractivity (Wildman–Crippen MR) is 104 cm³/mol. The number of carbonyl (C=O) groups is 3. The molecule has 0 aromatic heterocycles. The lowest BCUT2D eigenvalue weighted by atomic mass is 10.1. The third-order valence-electron chi connectivity index (χ3n) is 3.78. The summed E-state index contributed by atoms with van der Waals surface area (Å²) in [5, 5.41) is 13.2. The second kappa shape index (κ2) is 10.5. The number of ether oxygens (including phenoxy) is 2. The molecule has 0 aliphatic rings. The fourth-order valence-corrected chi connectivity index (χ4v) is 2.41. The number of Topliss-reactive ketones (excluding diaryl/α,β-unsaturated/α-hetero) is 1. The van der Waals surface area contributed by atoms with Crippen molar-refractivity contribution in [2.75, 3.05) is 18.5 Å². The number of amides is 1. The summed E-state index contributed by atoms with van der Waals surface area (Å²) in [4.78, 5) is 46.0. The molecule has 1 amide bonds. The van der Waals surface area contributed by atoms with Gasteiger partial charge in [-0.2, -0.15) is 0 Å². The van der Waals surface area contributed by atoms with Crippen molar-refractivity contribution in [1.29, 1.82) is 0 Å². The molecule has 0 saturated carbocycles. The van der Waals surface area contributed by atoms with Crippen molar-refractivity contribution in [3.63, 3.8) is 0 Å². The molecule has 0 bridgehead atoms. The van der Waals surface area contributed by atoms with Gasteiger partial charge in [-0.3, -0.25) is 24.5 Å². The van der Waals surface area contributed by atoms with Crippen LogP contribution in [0.1, 0.15) is 30.1 Å². The molecule has 2 aromatic carbocycles. The van der Waals surface area contributed by atoms with E-state index in [-0.39, 0.29) is 30.0 Å². The SMILES string of the molecule is CCOc1ccc(C(=O)CCC(=O)OCC(=O)Nc2ccccc2[N+](=O)[O-])cc1. The van der Waals surface area contributed by atoms with E-state index in [1.165, 1.54) is 24.3 Å². The number of nitrogens with one attached hydrogen (secondary N) is 1. The normalized spacial score (nSPS) is 10.1. The van der Waals surface area contributed by atoms with Gasteiger partial charge in [-0.1, -0.05) is 12.1 Å². The van der Waals surface area contributed by atoms with Gasteiger partial charge in [-0.15, -0.1) is 0 Å². The average Bonchev–Trinajstić information content (AvgIpc) is 2.71. The van der Waals surface area contributed by atoms with Crippen LogP contribution >= 0.6 is 0 Å². The topological polar surface area (TPSA) is 125 Å². The number of hydrogen-bond acceptors (Lipinski definition) is 7. The van der Waals surface area contributed by atoms with Crippen molar-refractivity contribution in [2.24, 2.45) is 0 Å². The third-order valence-corrected chi connectivity index (χ3v) is 3.78. The Morgan fingerprint density at radius 1 is 1.03 bits per heavy atom. The second-order valence-corrected chi connectivity index (χ2v) is 5.86. The Labute approximate surface area is 166 Å². The van der Waals surface area contributed by atoms with Crippen LogP contribution in [0.2, 0.25) is 0 Å². The zero-order valence-corrected chi connectivity index (χ0v) is 15.8. The molecule has 0 unspecified atom stereocenters. The first kappa shape index (κ1) is 21.5. The Balaban J connectivity index is 1.77. The predicted octanol–water partition coefficient (Wildman–Crippen LogP) is 3.14. The fourth-order valence-electron chi connectivity index (χ4n) is 2.41. The first-order chi connectivity index (χ1) is 13.9. The van der Waals surface area contributed by atoms with Crippen molar-refractivity contribution >= 4 is 29.0 Å². The Morgan fingerprint density at radius 2 is 1.72 bits per heavy atom. The monoisotopic (exact) mass is 400 g/mol. The van der Waals surface area contributed by atoms with Crippen LogP contribution in [-0.4, -0.2) is 35.8 Å². The average molecular weight is 400 g/mol. The molecule has 0 heterocycles. The highest BCUT2D eigenvalue weighted by molar-refractivity contribution is 5.98. The smallest absolute Gasteiger partial charge is 0.306 e. The number of carbonyl (C=O) groups excluding carboxylic acids is 3. The number of hydrogen-bond donors (Lipinski definition) is 1. The Morgan fingerprint density at radius 3 is 2.38 bits per heavy atom. The molecule has 0 saturated heterocycles. The second-order valence-electron chi connectivity index (χ2n) is 5.86. The van der Waals surface area contributed by atoms with E-state index in [0.717, 1.165) is 0 Å². The number of nitrogens with zero attached hydrogens (tertiary/aromatic N) is 1. The van der Waals surface area contributed by atoms with Crippen molar-refractivity contribution in [2.45, 2.75) is 19.8 Å². The highest BCUT2D eigenvalue weighted by Gasteiger charge is 2.16. The minimum absolute atomic E-state index is 0.00391. The van der Waals surface area contributed by atoms with E-state index in [2.05, 4.69) is 5.32 Å². The molecule has 0 radical (unpaired) electrons. The number of benzene rings is 2. The number of rotatable bonds is 10. The van der Waals surface area contributed by atoms with E-state index >= 15 is 0 Å². The van der Waals surface area contributed by atoms with Gasteiger partial charge in [-0.25, -0.2) is 0 Å². The molecule has 2 rings (SSSR count). The first-order valence-corrected chi connectivity index (χ1v) is 8.85. The van der Waals surface area contributed by atoms with Gasteiger partial charge in [0.05, 0.1) is 18.0 Å². The standard InChI is InChI=1S/C20H20N2O7/c1-2-28-15-9-7-14(8-10-15)18(23)11-12-20(25)29-13-19(24)21-16-5-3-4-6-17(16)22(26)27/h3-10H,2,11-13H2,1H3,(H,21,24). The fraction of sp³-hybridized carbons (Fsp3) is 0.250. The maximum Gasteiger partial charge on any atom is 0.306 e. The van der Waals surface area contributed by atoms with Crippen molar-refractivity contribution in [3.8, 4) is 5.75 Å². The van der Waals surface area contributed by atoms with Gasteiger partial charge in [0.2, 0.25) is 0 Å². The Hall–Kier alpha value is -3.75. The van der Waals surface area contributed by atoms with Crippen molar-refractivity contribution < 1.29 is 28.8 Å². The van der Waals surface area contributed by atoms with Crippen molar-refractivity contribution in [3.05, 3.63) is 64.2 Å². The molecule has 9 nitrogen and oxygen atoms in total. The highest BCUT2D eigenvalue weighted by atomic mass is 16.6. The van der Waals surface area contributed by atoms with Gasteiger partial charge in [0.15, 0.2) is 12.4 Å². The van der Waals surface area contributed by atoms with Gasteiger partial charge in [0.1, 0.15) is 11.4 Å². The minimum Gasteiger partial charge on any atom is -0.494 e. The molecule has 0 aliphatic carbocycles. The highest BCUT2D eigenvalue weighted by Crippen LogP contribution is 2.23. The van der Waals surface area contributed by atoms with E-state index < -0.39 is 23.4 Å². The summed E-state index contributed by atoms with van der Waals surface area (Å²) < 4.78 is 10.1. The molecular formula is C20H20N2O7. The molecule has 152 valence electrons. The number of nitro groups is 1. The zero-order chi connectivity index (χ0) is 21.2. The summed E-state index contributed by atoms with van der Waals surface area (Å²) in [7, 11) is 0. The van der Waals surface area contributed by atoms with Crippen LogP contribution in [0.4, 0.5) is 11.4 Å². The van der Waals surface area contributed by atoms with E-state index in [1.54, 1.807) is 24.3 Å². The summed E-state index contributed by atoms with van der Waals surface area (Å²) in [5.41, 5.74) is 0.174. The quantitative estimate of drug-likeness (QED) is 0.281. The molecule has 2 aromatic rings. The van der Waals surface area contributed by atoms with E-state index in [4.69, 9.17) is 9.47 Å². The van der Waals surface area contributed by atoms with E-state index in [1.807, 2.05) is 6.92 Å². The molecule has 1 N–H and O–H groups in total. The van der Waals surface area contributed by atoms with Crippen LogP contribution in [0.25, 0.3) is 0 Å². The Bertz CT molecular complexity index is 894. The van der Waals surface area contributed by atoms with Gasteiger partial charge >= 0.3 is 5.97 Å². The number of para-hydroxylation sites is 2. The maximum absolute atomic E-state index is 12.1. The van der Waals surface area contributed by atoms with Crippen LogP contribution < -0.4 is 10.1 Å². The largest absolute Gasteiger partial charge is 0.494 e. The van der Waals surface area contributed by atoms with Crippen LogP contribution in [0.3, 0.4) is 0 Å². The van der Waals surface area contributed by atoms with Crippen LogP contribution in [0.5, 0.6) is 5.75 Å². The summed E-state index contributed by atoms with van der Waals surface area (Å²) >= 11 is 0. The zero-order valence-electron chi connectivity index (χ0n) is 15.8. The number of ketones is 1. The van der Waals surface area contributed by atoms with Gasteiger partial charge in [-0.05, 0) is 37.3 Å². The summed E-state index contributed by atoms with van der Waals surface area (Å²) in [6.07, 6.45) is -0.261. The lowest BCUT2D eigenvalue weighted by Crippen LogP contribution is -2.21. The molecule has 9 heteroatoms. The number of nitro benzene ring substituents is 1. The molecule has 29 heavy (non-hydrogen) atoms. The summed E-state index contributed by atoms with van der Waals surface area (Å²) in [5.74, 6) is -1.03. The van der Waals surface area contributed by atoms with Crippen LogP contribution in [0.15, 0.2) is 48.5 Å². The molecular weight excluding hydrogens is 380 g/mol. The third kappa shape index (κ3) is 6.73. The van der Waals surface area contributed by atoms with Gasteiger partial charge in [0, 0.05) is 18.1 Å². The lowest BCUT2D eigenvalue weighted by molar-refractivity contribution is -0.383. The maximum atomic E-state index is 12.1. The Kier molecular flexibility index (Phi) is 7.84. The van der Waals surface area contributed by atoms with E-state index in [9.17, 15) is 24.5 Å². The van der Waals surface area contributed by atoms with Gasteiger partial charge in [0.25, 0.3) is 11.6 Å². The molecule has 0 fully saturated rings. The molecule has 0 spiro atoms. The summed E-state index contributed by atoms with van der Waals surface area (Å²) in [6, 6.07) is 12.2. The number of esters is 1. The minimum atomic E-state index is -0.720. The first-order valence-electron chi connectivity index (χ1n) is 8.85. The van der Waals surface area contributed by atoms with E-state index in [0.29, 0.717) is 17.9 Å². The summed E-state index contributed by atoms with van der Waals surface area (Å²) in [6.45, 7) is 1.76. The molecule has 0 aliphatic heterocycles. The van der Waals surface area contributed by atoms with Crippen LogP contribution in [0, 0.1) is 10.1 Å². The van der Waals surface area contributed by atoms with Crippen molar-refractivity contribution in [1.82, 2.24) is 0 Å². The van der Waals surface area contributed by atoms with Crippen LogP contribution in [-0.2, 0) is 14.3 Å². The number of anilines is 1. The molecule has 0 atom stereocenters.